The van der Waals surface area contributed by atoms with Crippen molar-refractivity contribution in [2.24, 2.45) is 5.41 Å². The Labute approximate surface area is 131 Å². The maximum atomic E-state index is 9.35. The van der Waals surface area contributed by atoms with Crippen molar-refractivity contribution in [1.82, 2.24) is 5.32 Å². The first-order valence-corrected chi connectivity index (χ1v) is 7.80. The zero-order valence-electron chi connectivity index (χ0n) is 13.0. The van der Waals surface area contributed by atoms with Crippen LogP contribution in [-0.4, -0.2) is 25.4 Å². The molecule has 0 unspecified atom stereocenters. The van der Waals surface area contributed by atoms with Gasteiger partial charge in [0, 0.05) is 30.7 Å². The third-order valence-electron chi connectivity index (χ3n) is 4.50. The number of hydrogen-bond donors (Lipinski definition) is 2. The van der Waals surface area contributed by atoms with E-state index in [1.54, 1.807) is 7.11 Å². The van der Waals surface area contributed by atoms with E-state index in [0.717, 1.165) is 42.8 Å². The predicted octanol–water partition coefficient (Wildman–Crippen LogP) is 3.22. The third kappa shape index (κ3) is 3.32. The molecule has 3 rings (SSSR count). The van der Waals surface area contributed by atoms with Gasteiger partial charge in [-0.1, -0.05) is 42.5 Å². The summed E-state index contributed by atoms with van der Waals surface area (Å²) in [5, 5.41) is 12.8. The molecule has 0 heterocycles. The first-order valence-electron chi connectivity index (χ1n) is 7.80. The number of benzene rings is 2. The summed E-state index contributed by atoms with van der Waals surface area (Å²) in [4.78, 5) is 0. The van der Waals surface area contributed by atoms with Gasteiger partial charge in [0.1, 0.15) is 5.75 Å². The zero-order valence-corrected chi connectivity index (χ0v) is 13.0. The lowest BCUT2D eigenvalue weighted by Crippen LogP contribution is -2.26. The molecule has 3 nitrogen and oxygen atoms in total. The van der Waals surface area contributed by atoms with E-state index < -0.39 is 0 Å². The van der Waals surface area contributed by atoms with Crippen LogP contribution in [0.15, 0.2) is 48.5 Å². The summed E-state index contributed by atoms with van der Waals surface area (Å²) >= 11 is 0. The monoisotopic (exact) mass is 297 g/mol. The number of aliphatic hydroxyl groups excluding tert-OH is 1. The molecule has 1 aliphatic rings. The molecular weight excluding hydrogens is 274 g/mol. The Morgan fingerprint density at radius 1 is 1.09 bits per heavy atom. The average molecular weight is 297 g/mol. The molecule has 22 heavy (non-hydrogen) atoms. The Balaban J connectivity index is 1.69. The molecule has 0 saturated heterocycles. The Kier molecular flexibility index (Phi) is 4.46. The van der Waals surface area contributed by atoms with Gasteiger partial charge in [0.15, 0.2) is 0 Å². The van der Waals surface area contributed by atoms with E-state index in [9.17, 15) is 5.11 Å². The smallest absolute Gasteiger partial charge is 0.123 e. The van der Waals surface area contributed by atoms with Crippen molar-refractivity contribution in [2.45, 2.75) is 19.4 Å². The van der Waals surface area contributed by atoms with Crippen molar-refractivity contribution in [2.75, 3.05) is 20.3 Å². The SMILES string of the molecule is COc1cc(-c2ccccc2)ccc1CNCC1(CO)CC1. The number of rotatable bonds is 7. The second-order valence-electron chi connectivity index (χ2n) is 6.15. The van der Waals surface area contributed by atoms with Crippen LogP contribution in [0.3, 0.4) is 0 Å². The van der Waals surface area contributed by atoms with Crippen molar-refractivity contribution in [3.8, 4) is 16.9 Å². The maximum Gasteiger partial charge on any atom is 0.123 e. The molecule has 1 fully saturated rings. The highest BCUT2D eigenvalue weighted by molar-refractivity contribution is 5.66. The fourth-order valence-corrected chi connectivity index (χ4v) is 2.73. The molecular formula is C19H23NO2. The molecule has 0 amide bonds. The summed E-state index contributed by atoms with van der Waals surface area (Å²) in [5.41, 5.74) is 3.64. The van der Waals surface area contributed by atoms with E-state index in [4.69, 9.17) is 4.74 Å². The molecule has 0 aromatic heterocycles. The van der Waals surface area contributed by atoms with Gasteiger partial charge < -0.3 is 15.2 Å². The normalized spacial score (nSPS) is 15.5. The van der Waals surface area contributed by atoms with Crippen LogP contribution in [-0.2, 0) is 6.54 Å². The van der Waals surface area contributed by atoms with Gasteiger partial charge >= 0.3 is 0 Å². The molecule has 2 aromatic rings. The Bertz CT molecular complexity index is 621. The van der Waals surface area contributed by atoms with E-state index in [-0.39, 0.29) is 12.0 Å². The minimum absolute atomic E-state index is 0.136. The highest BCUT2D eigenvalue weighted by Crippen LogP contribution is 2.44. The highest BCUT2D eigenvalue weighted by atomic mass is 16.5. The van der Waals surface area contributed by atoms with Crippen LogP contribution in [0, 0.1) is 5.41 Å². The number of methoxy groups -OCH3 is 1. The van der Waals surface area contributed by atoms with Gasteiger partial charge in [-0.3, -0.25) is 0 Å². The van der Waals surface area contributed by atoms with Gasteiger partial charge in [0.05, 0.1) is 7.11 Å². The lowest BCUT2D eigenvalue weighted by atomic mass is 10.0. The molecule has 0 radical (unpaired) electrons. The van der Waals surface area contributed by atoms with E-state index in [2.05, 4.69) is 35.6 Å². The largest absolute Gasteiger partial charge is 0.496 e. The van der Waals surface area contributed by atoms with Gasteiger partial charge in [0.25, 0.3) is 0 Å². The summed E-state index contributed by atoms with van der Waals surface area (Å²) < 4.78 is 5.54. The molecule has 0 bridgehead atoms. The molecule has 3 heteroatoms. The molecule has 1 aliphatic carbocycles. The topological polar surface area (TPSA) is 41.5 Å². The van der Waals surface area contributed by atoms with Crippen molar-refractivity contribution in [3.63, 3.8) is 0 Å². The van der Waals surface area contributed by atoms with E-state index in [0.29, 0.717) is 0 Å². The first-order chi connectivity index (χ1) is 10.8. The number of ether oxygens (including phenoxy) is 1. The third-order valence-corrected chi connectivity index (χ3v) is 4.50. The van der Waals surface area contributed by atoms with Crippen LogP contribution in [0.2, 0.25) is 0 Å². The van der Waals surface area contributed by atoms with Crippen LogP contribution < -0.4 is 10.1 Å². The predicted molar refractivity (Wildman–Crippen MR) is 88.9 cm³/mol. The van der Waals surface area contributed by atoms with Crippen molar-refractivity contribution >= 4 is 0 Å². The van der Waals surface area contributed by atoms with Gasteiger partial charge in [-0.2, -0.15) is 0 Å². The summed E-state index contributed by atoms with van der Waals surface area (Å²) in [6, 6.07) is 16.7. The highest BCUT2D eigenvalue weighted by Gasteiger charge is 2.41. The van der Waals surface area contributed by atoms with Crippen LogP contribution >= 0.6 is 0 Å². The average Bonchev–Trinajstić information content (AvgIpc) is 3.36. The van der Waals surface area contributed by atoms with Gasteiger partial charge in [-0.05, 0) is 30.0 Å². The summed E-state index contributed by atoms with van der Waals surface area (Å²) in [7, 11) is 1.71. The Morgan fingerprint density at radius 3 is 2.50 bits per heavy atom. The second-order valence-corrected chi connectivity index (χ2v) is 6.15. The zero-order chi connectivity index (χ0) is 15.4. The fourth-order valence-electron chi connectivity index (χ4n) is 2.73. The van der Waals surface area contributed by atoms with Crippen molar-refractivity contribution < 1.29 is 9.84 Å². The lowest BCUT2D eigenvalue weighted by Gasteiger charge is -2.15. The molecule has 2 N–H and O–H groups in total. The molecule has 0 spiro atoms. The summed E-state index contributed by atoms with van der Waals surface area (Å²) in [5.74, 6) is 0.905. The van der Waals surface area contributed by atoms with Crippen molar-refractivity contribution in [3.05, 3.63) is 54.1 Å². The minimum Gasteiger partial charge on any atom is -0.496 e. The quantitative estimate of drug-likeness (QED) is 0.824. The standard InChI is InChI=1S/C19H23NO2/c1-22-18-11-16(15-5-3-2-4-6-15)7-8-17(18)12-20-13-19(14-21)9-10-19/h2-8,11,20-21H,9-10,12-14H2,1H3. The summed E-state index contributed by atoms with van der Waals surface area (Å²) in [6.07, 6.45) is 2.25. The molecule has 0 atom stereocenters. The van der Waals surface area contributed by atoms with Crippen LogP contribution in [0.5, 0.6) is 5.75 Å². The van der Waals surface area contributed by atoms with Crippen LogP contribution in [0.4, 0.5) is 0 Å². The molecule has 0 aliphatic heterocycles. The Morgan fingerprint density at radius 2 is 1.86 bits per heavy atom. The first kappa shape index (κ1) is 15.1. The number of nitrogens with one attached hydrogen (secondary N) is 1. The van der Waals surface area contributed by atoms with Crippen LogP contribution in [0.1, 0.15) is 18.4 Å². The second kappa shape index (κ2) is 6.51. The molecule has 2 aromatic carbocycles. The van der Waals surface area contributed by atoms with E-state index >= 15 is 0 Å². The van der Waals surface area contributed by atoms with E-state index in [1.165, 1.54) is 5.56 Å². The van der Waals surface area contributed by atoms with E-state index in [1.807, 2.05) is 18.2 Å². The molecule has 1 saturated carbocycles. The Hall–Kier alpha value is -1.84. The lowest BCUT2D eigenvalue weighted by molar-refractivity contribution is 0.207. The fraction of sp³-hybridized carbons (Fsp3) is 0.368. The number of aliphatic hydroxyl groups is 1. The summed E-state index contributed by atoms with van der Waals surface area (Å²) in [6.45, 7) is 1.91. The maximum absolute atomic E-state index is 9.35. The van der Waals surface area contributed by atoms with Crippen molar-refractivity contribution in [1.29, 1.82) is 0 Å². The van der Waals surface area contributed by atoms with Gasteiger partial charge in [0.2, 0.25) is 0 Å². The van der Waals surface area contributed by atoms with Gasteiger partial charge in [-0.25, -0.2) is 0 Å². The minimum atomic E-state index is 0.136. The van der Waals surface area contributed by atoms with Gasteiger partial charge in [-0.15, -0.1) is 0 Å². The molecule has 116 valence electrons. The number of hydrogen-bond acceptors (Lipinski definition) is 3. The van der Waals surface area contributed by atoms with Crippen LogP contribution in [0.25, 0.3) is 11.1 Å².